The van der Waals surface area contributed by atoms with E-state index in [1.165, 1.54) is 62.6 Å². The van der Waals surface area contributed by atoms with Gasteiger partial charge in [-0.25, -0.2) is 18.4 Å². The van der Waals surface area contributed by atoms with Gasteiger partial charge in [-0.15, -0.1) is 0 Å². The van der Waals surface area contributed by atoms with Crippen molar-refractivity contribution in [2.24, 2.45) is 0 Å². The molecule has 0 unspecified atom stereocenters. The van der Waals surface area contributed by atoms with E-state index in [9.17, 15) is 28.0 Å². The summed E-state index contributed by atoms with van der Waals surface area (Å²) in [4.78, 5) is 51.2. The van der Waals surface area contributed by atoms with Crippen LogP contribution in [0.3, 0.4) is 0 Å². The zero-order valence-electron chi connectivity index (χ0n) is 30.7. The van der Waals surface area contributed by atoms with Crippen molar-refractivity contribution >= 4 is 46.8 Å². The Morgan fingerprint density at radius 2 is 1.13 bits per heavy atom. The Bertz CT molecular complexity index is 2020. The van der Waals surface area contributed by atoms with Gasteiger partial charge in [-0.05, 0) is 123 Å². The average molecular weight is 762 g/mol. The summed E-state index contributed by atoms with van der Waals surface area (Å²) < 4.78 is 40.3. The first kappa shape index (κ1) is 41.7. The van der Waals surface area contributed by atoms with Gasteiger partial charge in [-0.2, -0.15) is 0 Å². The van der Waals surface area contributed by atoms with Crippen LogP contribution in [0.2, 0.25) is 10.0 Å². The number of nitrogens with one attached hydrogen (secondary N) is 1. The fourth-order valence-electron chi connectivity index (χ4n) is 5.12. The molecule has 0 bridgehead atoms. The van der Waals surface area contributed by atoms with Gasteiger partial charge in [0.05, 0.1) is 22.8 Å². The molecule has 0 atom stereocenters. The van der Waals surface area contributed by atoms with Crippen molar-refractivity contribution in [3.8, 4) is 22.5 Å². The van der Waals surface area contributed by atoms with E-state index in [0.29, 0.717) is 53.5 Å². The molecule has 280 valence electrons. The monoisotopic (exact) mass is 760 g/mol. The summed E-state index contributed by atoms with van der Waals surface area (Å²) in [5.74, 6) is -0.788. The molecular weight excluding hydrogens is 717 g/mol. The number of hydrogen-bond acceptors (Lipinski definition) is 6. The molecule has 52 heavy (non-hydrogen) atoms. The summed E-state index contributed by atoms with van der Waals surface area (Å²) in [6.45, 7) is 16.9. The summed E-state index contributed by atoms with van der Waals surface area (Å²) in [7, 11) is 0. The van der Waals surface area contributed by atoms with Crippen molar-refractivity contribution in [3.05, 3.63) is 103 Å². The molecule has 2 heterocycles. The summed E-state index contributed by atoms with van der Waals surface area (Å²) in [5, 5.41) is 2.59. The molecule has 2 amide bonds. The minimum atomic E-state index is -0.677. The normalized spacial score (nSPS) is 11.3. The van der Waals surface area contributed by atoms with Gasteiger partial charge in [0, 0.05) is 30.8 Å². The topological polar surface area (TPSA) is 112 Å². The highest BCUT2D eigenvalue weighted by Crippen LogP contribution is 2.33. The number of carbonyl (C=O) groups excluding carboxylic acids is 2. The number of amides is 2. The van der Waals surface area contributed by atoms with E-state index in [2.05, 4.69) is 5.32 Å². The smallest absolute Gasteiger partial charge is 0.414 e. The molecule has 0 aliphatic rings. The first-order valence-electron chi connectivity index (χ1n) is 16.6. The number of rotatable bonds is 7. The van der Waals surface area contributed by atoms with Gasteiger partial charge in [-0.3, -0.25) is 19.8 Å². The molecule has 0 radical (unpaired) electrons. The average Bonchev–Trinajstić information content (AvgIpc) is 3.04. The Labute approximate surface area is 311 Å². The first-order chi connectivity index (χ1) is 24.2. The van der Waals surface area contributed by atoms with E-state index in [1.807, 2.05) is 0 Å². The van der Waals surface area contributed by atoms with Gasteiger partial charge in [0.15, 0.2) is 0 Å². The highest BCUT2D eigenvalue weighted by Gasteiger charge is 2.27. The van der Waals surface area contributed by atoms with Gasteiger partial charge in [-0.1, -0.05) is 23.2 Å². The molecule has 0 spiro atoms. The molecule has 0 saturated heterocycles. The van der Waals surface area contributed by atoms with Gasteiger partial charge in [0.2, 0.25) is 0 Å². The summed E-state index contributed by atoms with van der Waals surface area (Å²) in [6.07, 6.45) is -1.22. The van der Waals surface area contributed by atoms with E-state index in [4.69, 9.17) is 32.7 Å². The zero-order chi connectivity index (χ0) is 39.1. The minimum absolute atomic E-state index is 0.000259. The molecule has 4 rings (SSSR count). The summed E-state index contributed by atoms with van der Waals surface area (Å²) in [5.41, 5.74) is 0.722. The van der Waals surface area contributed by atoms with Crippen LogP contribution in [0, 0.1) is 11.6 Å². The highest BCUT2D eigenvalue weighted by atomic mass is 35.5. The molecule has 14 heteroatoms. The maximum absolute atomic E-state index is 13.4. The fourth-order valence-corrected chi connectivity index (χ4v) is 5.53. The maximum Gasteiger partial charge on any atom is 0.414 e. The lowest BCUT2D eigenvalue weighted by molar-refractivity contribution is 0.0580. The van der Waals surface area contributed by atoms with Crippen molar-refractivity contribution in [1.29, 1.82) is 0 Å². The highest BCUT2D eigenvalue weighted by molar-refractivity contribution is 6.31. The molecule has 0 aliphatic heterocycles. The number of hydrogen-bond donors (Lipinski definition) is 1. The molecule has 0 fully saturated rings. The van der Waals surface area contributed by atoms with Crippen molar-refractivity contribution in [3.63, 3.8) is 0 Å². The maximum atomic E-state index is 13.4. The summed E-state index contributed by atoms with van der Waals surface area (Å²) in [6, 6.07) is 14.2. The van der Waals surface area contributed by atoms with Crippen LogP contribution in [0.1, 0.15) is 62.3 Å². The molecule has 2 aromatic carbocycles. The number of carbonyl (C=O) groups is 2. The number of benzene rings is 2. The Balaban J connectivity index is 0.000000281. The van der Waals surface area contributed by atoms with Crippen molar-refractivity contribution < 1.29 is 27.8 Å². The van der Waals surface area contributed by atoms with Crippen molar-refractivity contribution in [2.75, 3.05) is 16.8 Å². The van der Waals surface area contributed by atoms with Crippen LogP contribution < -0.4 is 21.3 Å². The lowest BCUT2D eigenvalue weighted by atomic mass is 10.1. The van der Waals surface area contributed by atoms with E-state index >= 15 is 0 Å². The Hall–Kier alpha value is -4.68. The van der Waals surface area contributed by atoms with Gasteiger partial charge < -0.3 is 18.6 Å². The number of anilines is 2. The largest absolute Gasteiger partial charge is 0.444 e. The van der Waals surface area contributed by atoms with Crippen molar-refractivity contribution in [1.82, 2.24) is 9.13 Å². The predicted molar refractivity (Wildman–Crippen MR) is 203 cm³/mol. The molecule has 0 aliphatic carbocycles. The van der Waals surface area contributed by atoms with Crippen LogP contribution in [-0.2, 0) is 22.6 Å². The van der Waals surface area contributed by atoms with Crippen LogP contribution in [0.4, 0.5) is 29.7 Å². The Morgan fingerprint density at radius 1 is 0.712 bits per heavy atom. The zero-order valence-corrected chi connectivity index (χ0v) is 32.2. The summed E-state index contributed by atoms with van der Waals surface area (Å²) >= 11 is 12.2. The van der Waals surface area contributed by atoms with E-state index < -0.39 is 34.8 Å². The fraction of sp³-hybridized carbons (Fsp3) is 0.368. The second-order valence-corrected chi connectivity index (χ2v) is 14.3. The molecule has 1 N–H and O–H groups in total. The third-order valence-corrected chi connectivity index (χ3v) is 7.74. The van der Waals surface area contributed by atoms with E-state index in [0.717, 1.165) is 0 Å². The quantitative estimate of drug-likeness (QED) is 0.201. The van der Waals surface area contributed by atoms with Crippen LogP contribution in [0.5, 0.6) is 0 Å². The Kier molecular flexibility index (Phi) is 13.8. The van der Waals surface area contributed by atoms with Crippen LogP contribution in [0.15, 0.2) is 70.3 Å². The predicted octanol–water partition coefficient (Wildman–Crippen LogP) is 9.76. The molecule has 4 aromatic rings. The van der Waals surface area contributed by atoms with Gasteiger partial charge >= 0.3 is 12.2 Å². The van der Waals surface area contributed by atoms with Crippen molar-refractivity contribution in [2.45, 2.75) is 86.6 Å². The molecule has 0 saturated carbocycles. The standard InChI is InChI=1S/C20H24ClFN2O3.C18H20ClFN2O3/c1-6-23(19(26)27-20(3,4)5)16-12-15(21)18(25)24(7-2)17(16)13-8-10-14(22)11-9-13;1-5-22-15(11-6-8-12(20)9-7-11)14(10-13(19)16(22)23)21-17(24)25-18(2,3)4/h8-12H,6-7H2,1-5H3;6-10H,5H2,1-4H3,(H,21,24). The van der Waals surface area contributed by atoms with Gasteiger partial charge in [0.1, 0.15) is 32.9 Å². The second-order valence-electron chi connectivity index (χ2n) is 13.4. The number of halogens is 4. The third-order valence-electron chi connectivity index (χ3n) is 7.20. The number of aromatic nitrogens is 2. The molecular formula is C38H44Cl2F2N4O6. The minimum Gasteiger partial charge on any atom is -0.444 e. The Morgan fingerprint density at radius 3 is 1.56 bits per heavy atom. The second kappa shape index (κ2) is 17.2. The van der Waals surface area contributed by atoms with E-state index in [1.54, 1.807) is 74.4 Å². The van der Waals surface area contributed by atoms with E-state index in [-0.39, 0.29) is 21.4 Å². The number of nitrogens with zero attached hydrogens (tertiary/aromatic N) is 3. The van der Waals surface area contributed by atoms with Crippen LogP contribution in [-0.4, -0.2) is 39.1 Å². The lowest BCUT2D eigenvalue weighted by Gasteiger charge is -2.29. The van der Waals surface area contributed by atoms with Crippen LogP contribution >= 0.6 is 23.2 Å². The third kappa shape index (κ3) is 10.7. The van der Waals surface area contributed by atoms with Crippen LogP contribution in [0.25, 0.3) is 22.5 Å². The SMILES string of the molecule is CCN(C(=O)OC(C)(C)C)c1cc(Cl)c(=O)n(CC)c1-c1ccc(F)cc1.CCn1c(-c2ccc(F)cc2)c(NC(=O)OC(C)(C)C)cc(Cl)c1=O. The first-order valence-corrected chi connectivity index (χ1v) is 17.4. The number of ether oxygens (including phenoxy) is 2. The lowest BCUT2D eigenvalue weighted by Crippen LogP contribution is -2.38. The van der Waals surface area contributed by atoms with Gasteiger partial charge in [0.25, 0.3) is 11.1 Å². The number of pyridine rings is 2. The molecule has 2 aromatic heterocycles. The molecule has 10 nitrogen and oxygen atoms in total.